The molecule has 1 N–H and O–H groups in total. The van der Waals surface area contributed by atoms with Gasteiger partial charge in [-0.3, -0.25) is 9.51 Å². The van der Waals surface area contributed by atoms with Crippen LogP contribution in [0, 0.1) is 0 Å². The van der Waals surface area contributed by atoms with Gasteiger partial charge in [0.05, 0.1) is 0 Å². The molecular formula is C4H2N4O3. The fraction of sp³-hybridized carbons (Fsp3) is 0. The van der Waals surface area contributed by atoms with Crippen molar-refractivity contribution in [3.63, 3.8) is 0 Å². The Balaban J connectivity index is 2.53. The highest BCUT2D eigenvalue weighted by Crippen LogP contribution is 2.05. The molecule has 0 radical (unpaired) electrons. The molecule has 0 unspecified atom stereocenters. The third kappa shape index (κ3) is 0.914. The summed E-state index contributed by atoms with van der Waals surface area (Å²) >= 11 is 0. The standard InChI is InChI=1S/C4H2N4O3/c9-4-6-3(8-10-4)2-1-5-11-7-2/h1H,(H,6,8,9). The van der Waals surface area contributed by atoms with Crippen molar-refractivity contribution in [3.8, 4) is 11.5 Å². The molecule has 7 heteroatoms. The summed E-state index contributed by atoms with van der Waals surface area (Å²) in [6.07, 6.45) is 1.31. The first-order valence-corrected chi connectivity index (χ1v) is 2.70. The van der Waals surface area contributed by atoms with E-state index in [1.165, 1.54) is 6.20 Å². The number of nitrogens with one attached hydrogen (secondary N) is 1. The largest absolute Gasteiger partial charge is 0.439 e. The molecule has 0 saturated heterocycles. The maximum atomic E-state index is 10.4. The molecule has 0 saturated carbocycles. The second-order valence-corrected chi connectivity index (χ2v) is 1.74. The predicted molar refractivity (Wildman–Crippen MR) is 30.4 cm³/mol. The molecule has 11 heavy (non-hydrogen) atoms. The number of aromatic nitrogens is 4. The van der Waals surface area contributed by atoms with Gasteiger partial charge in [0.2, 0.25) is 5.82 Å². The SMILES string of the molecule is O=c1[nH]c(-c2cnon2)no1. The van der Waals surface area contributed by atoms with Crippen molar-refractivity contribution < 1.29 is 9.15 Å². The van der Waals surface area contributed by atoms with E-state index in [0.29, 0.717) is 5.69 Å². The van der Waals surface area contributed by atoms with Crippen LogP contribution in [0.2, 0.25) is 0 Å². The van der Waals surface area contributed by atoms with E-state index in [1.807, 2.05) is 0 Å². The van der Waals surface area contributed by atoms with Crippen LogP contribution in [0.25, 0.3) is 11.5 Å². The average molecular weight is 154 g/mol. The molecule has 0 aliphatic rings. The van der Waals surface area contributed by atoms with Crippen molar-refractivity contribution in [2.24, 2.45) is 0 Å². The van der Waals surface area contributed by atoms with Crippen LogP contribution >= 0.6 is 0 Å². The van der Waals surface area contributed by atoms with Gasteiger partial charge in [-0.1, -0.05) is 10.3 Å². The molecule has 2 aromatic rings. The summed E-state index contributed by atoms with van der Waals surface area (Å²) in [7, 11) is 0. The molecule has 56 valence electrons. The van der Waals surface area contributed by atoms with Gasteiger partial charge in [-0.05, 0) is 5.16 Å². The Hall–Kier alpha value is -1.92. The Morgan fingerprint density at radius 2 is 2.36 bits per heavy atom. The normalized spacial score (nSPS) is 10.2. The third-order valence-electron chi connectivity index (χ3n) is 1.04. The predicted octanol–water partition coefficient (Wildman–Crippen LogP) is -0.587. The van der Waals surface area contributed by atoms with E-state index in [4.69, 9.17) is 0 Å². The van der Waals surface area contributed by atoms with E-state index in [-0.39, 0.29) is 5.82 Å². The summed E-state index contributed by atoms with van der Waals surface area (Å²) < 4.78 is 8.49. The number of rotatable bonds is 1. The Kier molecular flexibility index (Phi) is 1.08. The molecule has 0 atom stereocenters. The number of hydrogen-bond acceptors (Lipinski definition) is 6. The lowest BCUT2D eigenvalue weighted by Gasteiger charge is -1.76. The highest BCUT2D eigenvalue weighted by atomic mass is 16.6. The van der Waals surface area contributed by atoms with E-state index >= 15 is 0 Å². The lowest BCUT2D eigenvalue weighted by molar-refractivity contribution is 0.308. The summed E-state index contributed by atoms with van der Waals surface area (Å²) in [5.41, 5.74) is 0.329. The zero-order chi connectivity index (χ0) is 7.68. The lowest BCUT2D eigenvalue weighted by Crippen LogP contribution is -1.94. The molecule has 0 aliphatic heterocycles. The molecule has 0 aliphatic carbocycles. The average Bonchev–Trinajstić information content (AvgIpc) is 2.55. The molecule has 7 nitrogen and oxygen atoms in total. The van der Waals surface area contributed by atoms with Gasteiger partial charge in [0.15, 0.2) is 5.69 Å². The highest BCUT2D eigenvalue weighted by Gasteiger charge is 2.06. The Bertz CT molecular complexity index is 385. The van der Waals surface area contributed by atoms with Gasteiger partial charge < -0.3 is 0 Å². The summed E-state index contributed by atoms with van der Waals surface area (Å²) in [6.45, 7) is 0. The summed E-state index contributed by atoms with van der Waals surface area (Å²) in [5, 5.41) is 10.1. The van der Waals surface area contributed by atoms with Crippen molar-refractivity contribution in [1.82, 2.24) is 20.5 Å². The van der Waals surface area contributed by atoms with Crippen LogP contribution in [0.15, 0.2) is 20.1 Å². The Morgan fingerprint density at radius 3 is 2.91 bits per heavy atom. The van der Waals surface area contributed by atoms with Crippen molar-refractivity contribution in [2.45, 2.75) is 0 Å². The van der Waals surface area contributed by atoms with Crippen LogP contribution in [0.4, 0.5) is 0 Å². The monoisotopic (exact) mass is 154 g/mol. The molecular weight excluding hydrogens is 152 g/mol. The molecule has 2 heterocycles. The second kappa shape index (κ2) is 2.04. The van der Waals surface area contributed by atoms with Crippen LogP contribution in [-0.4, -0.2) is 20.5 Å². The van der Waals surface area contributed by atoms with Crippen LogP contribution in [-0.2, 0) is 0 Å². The zero-order valence-electron chi connectivity index (χ0n) is 5.14. The summed E-state index contributed by atoms with van der Waals surface area (Å²) in [4.78, 5) is 12.7. The highest BCUT2D eigenvalue weighted by molar-refractivity contribution is 5.43. The maximum Gasteiger partial charge on any atom is 0.439 e. The van der Waals surface area contributed by atoms with Gasteiger partial charge in [-0.25, -0.2) is 9.42 Å². The molecule has 0 fully saturated rings. The minimum atomic E-state index is -0.636. The van der Waals surface area contributed by atoms with Crippen LogP contribution in [0.1, 0.15) is 0 Å². The van der Waals surface area contributed by atoms with Crippen LogP contribution in [0.5, 0.6) is 0 Å². The van der Waals surface area contributed by atoms with Crippen molar-refractivity contribution in [2.75, 3.05) is 0 Å². The van der Waals surface area contributed by atoms with Gasteiger partial charge in [-0.15, -0.1) is 0 Å². The van der Waals surface area contributed by atoms with E-state index in [0.717, 1.165) is 0 Å². The quantitative estimate of drug-likeness (QED) is 0.589. The first-order valence-electron chi connectivity index (χ1n) is 2.70. The van der Waals surface area contributed by atoms with Crippen LogP contribution < -0.4 is 5.76 Å². The Labute approximate surface area is 59.0 Å². The first-order chi connectivity index (χ1) is 5.36. The molecule has 2 rings (SSSR count). The van der Waals surface area contributed by atoms with E-state index in [2.05, 4.69) is 29.6 Å². The summed E-state index contributed by atoms with van der Waals surface area (Å²) in [5.74, 6) is -0.431. The van der Waals surface area contributed by atoms with E-state index in [9.17, 15) is 4.79 Å². The summed E-state index contributed by atoms with van der Waals surface area (Å²) in [6, 6.07) is 0. The second-order valence-electron chi connectivity index (χ2n) is 1.74. The third-order valence-corrected chi connectivity index (χ3v) is 1.04. The zero-order valence-corrected chi connectivity index (χ0v) is 5.14. The molecule has 0 bridgehead atoms. The Morgan fingerprint density at radius 1 is 1.45 bits per heavy atom. The maximum absolute atomic E-state index is 10.4. The molecule has 0 spiro atoms. The number of H-pyrrole nitrogens is 1. The van der Waals surface area contributed by atoms with Crippen LogP contribution in [0.3, 0.4) is 0 Å². The fourth-order valence-corrected chi connectivity index (χ4v) is 0.609. The minimum absolute atomic E-state index is 0.205. The van der Waals surface area contributed by atoms with Crippen molar-refractivity contribution >= 4 is 0 Å². The van der Waals surface area contributed by atoms with Gasteiger partial charge in [0.1, 0.15) is 6.20 Å². The van der Waals surface area contributed by atoms with E-state index < -0.39 is 5.76 Å². The van der Waals surface area contributed by atoms with Crippen molar-refractivity contribution in [1.29, 1.82) is 0 Å². The molecule has 0 amide bonds. The number of hydrogen-bond donors (Lipinski definition) is 1. The number of aromatic amines is 1. The molecule has 0 aromatic carbocycles. The fourth-order valence-electron chi connectivity index (χ4n) is 0.609. The first kappa shape index (κ1) is 5.83. The van der Waals surface area contributed by atoms with Gasteiger partial charge in [0.25, 0.3) is 0 Å². The van der Waals surface area contributed by atoms with Gasteiger partial charge >= 0.3 is 5.76 Å². The van der Waals surface area contributed by atoms with E-state index in [1.54, 1.807) is 0 Å². The van der Waals surface area contributed by atoms with Crippen molar-refractivity contribution in [3.05, 3.63) is 16.7 Å². The lowest BCUT2D eigenvalue weighted by atomic mass is 10.5. The molecule has 2 aromatic heterocycles. The minimum Gasteiger partial charge on any atom is -0.296 e. The smallest absolute Gasteiger partial charge is 0.296 e. The number of nitrogens with zero attached hydrogens (tertiary/aromatic N) is 3. The topological polar surface area (TPSA) is 97.8 Å². The van der Waals surface area contributed by atoms with Gasteiger partial charge in [0, 0.05) is 0 Å². The van der Waals surface area contributed by atoms with Gasteiger partial charge in [-0.2, -0.15) is 0 Å².